The summed E-state index contributed by atoms with van der Waals surface area (Å²) in [7, 11) is 0. The van der Waals surface area contributed by atoms with E-state index in [-0.39, 0.29) is 6.04 Å². The minimum atomic E-state index is 0.0352. The largest absolute Gasteiger partial charge is 0.334 e. The Balaban J connectivity index is 1.67. The fourth-order valence-electron chi connectivity index (χ4n) is 3.31. The third-order valence-corrected chi connectivity index (χ3v) is 4.85. The molecule has 0 aromatic heterocycles. The first-order valence-electron chi connectivity index (χ1n) is 8.35. The Labute approximate surface area is 127 Å². The van der Waals surface area contributed by atoms with Gasteiger partial charge in [-0.05, 0) is 43.7 Å². The highest BCUT2D eigenvalue weighted by Crippen LogP contribution is 2.30. The van der Waals surface area contributed by atoms with Crippen LogP contribution >= 0.6 is 0 Å². The van der Waals surface area contributed by atoms with Crippen molar-refractivity contribution in [2.45, 2.75) is 57.7 Å². The summed E-state index contributed by atoms with van der Waals surface area (Å²) in [6.45, 7) is 3.98. The molecule has 3 nitrogen and oxygen atoms in total. The van der Waals surface area contributed by atoms with Crippen molar-refractivity contribution < 1.29 is 4.79 Å². The number of nitrogens with zero attached hydrogens (tertiary/aromatic N) is 1. The molecule has 114 valence electrons. The summed E-state index contributed by atoms with van der Waals surface area (Å²) in [6, 6.07) is 10.9. The summed E-state index contributed by atoms with van der Waals surface area (Å²) in [5.41, 5.74) is 1.24. The Morgan fingerprint density at radius 2 is 2.00 bits per heavy atom. The van der Waals surface area contributed by atoms with Crippen LogP contribution in [-0.2, 0) is 11.3 Å². The van der Waals surface area contributed by atoms with Crippen LogP contribution in [0.3, 0.4) is 0 Å². The van der Waals surface area contributed by atoms with Gasteiger partial charge in [0.15, 0.2) is 0 Å². The van der Waals surface area contributed by atoms with Crippen molar-refractivity contribution in [1.82, 2.24) is 10.2 Å². The number of hydrogen-bond acceptors (Lipinski definition) is 2. The predicted molar refractivity (Wildman–Crippen MR) is 84.8 cm³/mol. The van der Waals surface area contributed by atoms with E-state index >= 15 is 0 Å². The first kappa shape index (κ1) is 14.6. The zero-order valence-corrected chi connectivity index (χ0v) is 12.9. The van der Waals surface area contributed by atoms with E-state index in [2.05, 4.69) is 41.4 Å². The minimum Gasteiger partial charge on any atom is -0.334 e. The number of carbonyl (C=O) groups is 1. The van der Waals surface area contributed by atoms with E-state index in [1.54, 1.807) is 0 Å². The molecule has 1 aromatic carbocycles. The Kier molecular flexibility index (Phi) is 4.59. The number of nitrogens with one attached hydrogen (secondary N) is 1. The average Bonchev–Trinajstić information content (AvgIpc) is 3.38. The molecule has 1 aliphatic carbocycles. The van der Waals surface area contributed by atoms with Crippen LogP contribution in [-0.4, -0.2) is 29.4 Å². The second-order valence-corrected chi connectivity index (χ2v) is 6.49. The molecule has 0 spiro atoms. The quantitative estimate of drug-likeness (QED) is 0.902. The molecule has 2 aliphatic rings. The molecule has 21 heavy (non-hydrogen) atoms. The smallest absolute Gasteiger partial charge is 0.240 e. The zero-order chi connectivity index (χ0) is 14.7. The highest BCUT2D eigenvalue weighted by molar-refractivity contribution is 5.82. The molecular formula is C18H26N2O. The van der Waals surface area contributed by atoms with E-state index in [1.165, 1.54) is 31.2 Å². The van der Waals surface area contributed by atoms with E-state index in [0.29, 0.717) is 17.9 Å². The van der Waals surface area contributed by atoms with Gasteiger partial charge >= 0.3 is 0 Å². The molecule has 1 aromatic rings. The fraction of sp³-hybridized carbons (Fsp3) is 0.611. The molecule has 1 N–H and O–H groups in total. The SMILES string of the molecule is CCC1CCNC(C(=O)N(Cc2ccccc2)C2CC2)C1. The van der Waals surface area contributed by atoms with E-state index in [4.69, 9.17) is 0 Å². The fourth-order valence-corrected chi connectivity index (χ4v) is 3.31. The third kappa shape index (κ3) is 3.65. The minimum absolute atomic E-state index is 0.0352. The number of benzene rings is 1. The lowest BCUT2D eigenvalue weighted by atomic mass is 9.90. The van der Waals surface area contributed by atoms with Crippen molar-refractivity contribution in [3.05, 3.63) is 35.9 Å². The van der Waals surface area contributed by atoms with Crippen molar-refractivity contribution in [1.29, 1.82) is 0 Å². The summed E-state index contributed by atoms with van der Waals surface area (Å²) in [5, 5.41) is 3.44. The van der Waals surface area contributed by atoms with Crippen LogP contribution in [0.1, 0.15) is 44.6 Å². The van der Waals surface area contributed by atoms with Gasteiger partial charge in [0.25, 0.3) is 0 Å². The van der Waals surface area contributed by atoms with Crippen LogP contribution in [0.5, 0.6) is 0 Å². The van der Waals surface area contributed by atoms with Gasteiger partial charge < -0.3 is 10.2 Å². The highest BCUT2D eigenvalue weighted by Gasteiger charge is 2.37. The maximum absolute atomic E-state index is 12.9. The predicted octanol–water partition coefficient (Wildman–Crippen LogP) is 2.96. The standard InChI is InChI=1S/C18H26N2O/c1-2-14-10-11-19-17(12-14)18(21)20(16-8-9-16)13-15-6-4-3-5-7-15/h3-7,14,16-17,19H,2,8-13H2,1H3. The molecule has 0 radical (unpaired) electrons. The van der Waals surface area contributed by atoms with Gasteiger partial charge in [-0.3, -0.25) is 4.79 Å². The normalized spacial score (nSPS) is 25.6. The lowest BCUT2D eigenvalue weighted by Gasteiger charge is -2.33. The molecule has 2 atom stereocenters. The first-order chi connectivity index (χ1) is 10.3. The number of hydrogen-bond donors (Lipinski definition) is 1. The summed E-state index contributed by atoms with van der Waals surface area (Å²) in [5.74, 6) is 1.03. The third-order valence-electron chi connectivity index (χ3n) is 4.85. The van der Waals surface area contributed by atoms with Crippen LogP contribution in [0.4, 0.5) is 0 Å². The van der Waals surface area contributed by atoms with Crippen LogP contribution < -0.4 is 5.32 Å². The lowest BCUT2D eigenvalue weighted by Crippen LogP contribution is -2.50. The van der Waals surface area contributed by atoms with Gasteiger partial charge in [0.1, 0.15) is 0 Å². The van der Waals surface area contributed by atoms with Crippen molar-refractivity contribution in [2.24, 2.45) is 5.92 Å². The number of rotatable bonds is 5. The highest BCUT2D eigenvalue weighted by atomic mass is 16.2. The Bertz CT molecular complexity index is 469. The molecular weight excluding hydrogens is 260 g/mol. The molecule has 3 rings (SSSR count). The van der Waals surface area contributed by atoms with Gasteiger partial charge in [-0.15, -0.1) is 0 Å². The second-order valence-electron chi connectivity index (χ2n) is 6.49. The maximum Gasteiger partial charge on any atom is 0.240 e. The second kappa shape index (κ2) is 6.61. The van der Waals surface area contributed by atoms with Crippen LogP contribution in [0.2, 0.25) is 0 Å². The van der Waals surface area contributed by atoms with Crippen LogP contribution in [0.15, 0.2) is 30.3 Å². The van der Waals surface area contributed by atoms with Crippen molar-refractivity contribution >= 4 is 5.91 Å². The topological polar surface area (TPSA) is 32.3 Å². The summed E-state index contributed by atoms with van der Waals surface area (Å²) in [4.78, 5) is 15.0. The van der Waals surface area contributed by atoms with Crippen LogP contribution in [0, 0.1) is 5.92 Å². The summed E-state index contributed by atoms with van der Waals surface area (Å²) in [6.07, 6.45) is 5.74. The van der Waals surface area contributed by atoms with Crippen LogP contribution in [0.25, 0.3) is 0 Å². The van der Waals surface area contributed by atoms with Gasteiger partial charge in [0, 0.05) is 12.6 Å². The number of amides is 1. The number of carbonyl (C=O) groups excluding carboxylic acids is 1. The molecule has 1 heterocycles. The lowest BCUT2D eigenvalue weighted by molar-refractivity contribution is -0.135. The van der Waals surface area contributed by atoms with Crippen molar-refractivity contribution in [3.8, 4) is 0 Å². The molecule has 3 heteroatoms. The molecule has 1 saturated carbocycles. The summed E-state index contributed by atoms with van der Waals surface area (Å²) < 4.78 is 0. The first-order valence-corrected chi connectivity index (χ1v) is 8.35. The molecule has 2 unspecified atom stereocenters. The van der Waals surface area contributed by atoms with E-state index < -0.39 is 0 Å². The van der Waals surface area contributed by atoms with Gasteiger partial charge in [-0.1, -0.05) is 43.7 Å². The Morgan fingerprint density at radius 1 is 1.24 bits per heavy atom. The van der Waals surface area contributed by atoms with E-state index in [9.17, 15) is 4.79 Å². The Hall–Kier alpha value is -1.35. The maximum atomic E-state index is 12.9. The molecule has 1 amide bonds. The van der Waals surface area contributed by atoms with Gasteiger partial charge in [-0.2, -0.15) is 0 Å². The molecule has 1 saturated heterocycles. The van der Waals surface area contributed by atoms with E-state index in [0.717, 1.165) is 19.5 Å². The zero-order valence-electron chi connectivity index (χ0n) is 12.9. The average molecular weight is 286 g/mol. The van der Waals surface area contributed by atoms with Crippen molar-refractivity contribution in [3.63, 3.8) is 0 Å². The van der Waals surface area contributed by atoms with Gasteiger partial charge in [0.05, 0.1) is 6.04 Å². The summed E-state index contributed by atoms with van der Waals surface area (Å²) >= 11 is 0. The van der Waals surface area contributed by atoms with E-state index in [1.807, 2.05) is 6.07 Å². The monoisotopic (exact) mass is 286 g/mol. The molecule has 0 bridgehead atoms. The molecule has 1 aliphatic heterocycles. The number of piperidine rings is 1. The van der Waals surface area contributed by atoms with Crippen molar-refractivity contribution in [2.75, 3.05) is 6.54 Å². The molecule has 2 fully saturated rings. The Morgan fingerprint density at radius 3 is 2.67 bits per heavy atom. The van der Waals surface area contributed by atoms with Gasteiger partial charge in [-0.25, -0.2) is 0 Å². The van der Waals surface area contributed by atoms with Gasteiger partial charge in [0.2, 0.25) is 5.91 Å².